The van der Waals surface area contributed by atoms with Crippen LogP contribution in [0.4, 0.5) is 0 Å². The van der Waals surface area contributed by atoms with Crippen molar-refractivity contribution >= 4 is 16.9 Å². The SMILES string of the molecule is Cc1c(C(N)=O)ccc2c1nc(C)n2C. The van der Waals surface area contributed by atoms with Gasteiger partial charge in [0, 0.05) is 12.6 Å². The average Bonchev–Trinajstić information content (AvgIpc) is 2.45. The largest absolute Gasteiger partial charge is 0.366 e. The van der Waals surface area contributed by atoms with Crippen molar-refractivity contribution in [3.05, 3.63) is 29.1 Å². The zero-order valence-corrected chi connectivity index (χ0v) is 9.03. The molecule has 0 bridgehead atoms. The van der Waals surface area contributed by atoms with Crippen molar-refractivity contribution in [2.24, 2.45) is 12.8 Å². The van der Waals surface area contributed by atoms with Gasteiger partial charge in [-0.05, 0) is 31.5 Å². The lowest BCUT2D eigenvalue weighted by molar-refractivity contribution is 0.1000. The van der Waals surface area contributed by atoms with Gasteiger partial charge in [0.1, 0.15) is 5.82 Å². The van der Waals surface area contributed by atoms with Crippen LogP contribution >= 0.6 is 0 Å². The van der Waals surface area contributed by atoms with Crippen molar-refractivity contribution in [1.29, 1.82) is 0 Å². The van der Waals surface area contributed by atoms with Gasteiger partial charge < -0.3 is 10.3 Å². The molecule has 0 unspecified atom stereocenters. The highest BCUT2D eigenvalue weighted by Gasteiger charge is 2.12. The van der Waals surface area contributed by atoms with Gasteiger partial charge in [-0.2, -0.15) is 0 Å². The van der Waals surface area contributed by atoms with E-state index < -0.39 is 5.91 Å². The second-order valence-corrected chi connectivity index (χ2v) is 3.69. The van der Waals surface area contributed by atoms with E-state index in [0.717, 1.165) is 22.4 Å². The lowest BCUT2D eigenvalue weighted by Crippen LogP contribution is -2.12. The fraction of sp³-hybridized carbons (Fsp3) is 0.273. The Kier molecular flexibility index (Phi) is 2.00. The first-order valence-electron chi connectivity index (χ1n) is 4.75. The van der Waals surface area contributed by atoms with Crippen molar-refractivity contribution in [2.45, 2.75) is 13.8 Å². The smallest absolute Gasteiger partial charge is 0.249 e. The van der Waals surface area contributed by atoms with Crippen LogP contribution in [-0.4, -0.2) is 15.5 Å². The first kappa shape index (κ1) is 9.71. The van der Waals surface area contributed by atoms with E-state index in [1.54, 1.807) is 6.07 Å². The molecule has 1 aromatic carbocycles. The Morgan fingerprint density at radius 3 is 2.67 bits per heavy atom. The lowest BCUT2D eigenvalue weighted by atomic mass is 10.1. The van der Waals surface area contributed by atoms with Crippen LogP contribution in [0.5, 0.6) is 0 Å². The van der Waals surface area contributed by atoms with Gasteiger partial charge in [-0.3, -0.25) is 4.79 Å². The summed E-state index contributed by atoms with van der Waals surface area (Å²) in [6.07, 6.45) is 0. The normalized spacial score (nSPS) is 10.9. The van der Waals surface area contributed by atoms with Crippen LogP contribution in [0.3, 0.4) is 0 Å². The Bertz CT molecular complexity index is 554. The highest BCUT2D eigenvalue weighted by atomic mass is 16.1. The Morgan fingerprint density at radius 2 is 2.07 bits per heavy atom. The van der Waals surface area contributed by atoms with Crippen LogP contribution in [0.1, 0.15) is 21.7 Å². The van der Waals surface area contributed by atoms with Gasteiger partial charge in [-0.25, -0.2) is 4.98 Å². The van der Waals surface area contributed by atoms with Crippen LogP contribution in [0.25, 0.3) is 11.0 Å². The lowest BCUT2D eigenvalue weighted by Gasteiger charge is -2.02. The predicted octanol–water partition coefficient (Wildman–Crippen LogP) is 1.29. The van der Waals surface area contributed by atoms with Crippen LogP contribution in [0.15, 0.2) is 12.1 Å². The third-order valence-electron chi connectivity index (χ3n) is 2.80. The molecule has 0 saturated carbocycles. The molecule has 0 spiro atoms. The maximum absolute atomic E-state index is 11.1. The van der Waals surface area contributed by atoms with Crippen LogP contribution in [0, 0.1) is 13.8 Å². The number of fused-ring (bicyclic) bond motifs is 1. The summed E-state index contributed by atoms with van der Waals surface area (Å²) >= 11 is 0. The molecule has 78 valence electrons. The van der Waals surface area contributed by atoms with Crippen LogP contribution in [-0.2, 0) is 7.05 Å². The summed E-state index contributed by atoms with van der Waals surface area (Å²) in [5, 5.41) is 0. The molecular weight excluding hydrogens is 190 g/mol. The molecule has 1 amide bonds. The summed E-state index contributed by atoms with van der Waals surface area (Å²) in [6.45, 7) is 3.80. The fourth-order valence-corrected chi connectivity index (χ4v) is 1.78. The van der Waals surface area contributed by atoms with E-state index in [4.69, 9.17) is 5.73 Å². The number of nitrogens with two attached hydrogens (primary N) is 1. The first-order valence-corrected chi connectivity index (χ1v) is 4.75. The Balaban J connectivity index is 2.85. The second kappa shape index (κ2) is 3.08. The molecule has 0 fully saturated rings. The van der Waals surface area contributed by atoms with Gasteiger partial charge in [0.25, 0.3) is 0 Å². The molecule has 15 heavy (non-hydrogen) atoms. The van der Waals surface area contributed by atoms with Crippen molar-refractivity contribution < 1.29 is 4.79 Å². The number of hydrogen-bond acceptors (Lipinski definition) is 2. The number of primary amides is 1. The van der Waals surface area contributed by atoms with Gasteiger partial charge in [-0.15, -0.1) is 0 Å². The molecule has 4 heteroatoms. The molecule has 0 aliphatic rings. The van der Waals surface area contributed by atoms with E-state index >= 15 is 0 Å². The van der Waals surface area contributed by atoms with E-state index in [9.17, 15) is 4.79 Å². The minimum atomic E-state index is -0.405. The second-order valence-electron chi connectivity index (χ2n) is 3.69. The third-order valence-corrected chi connectivity index (χ3v) is 2.80. The Hall–Kier alpha value is -1.84. The first-order chi connectivity index (χ1) is 7.02. The maximum Gasteiger partial charge on any atom is 0.249 e. The summed E-state index contributed by atoms with van der Waals surface area (Å²) in [6, 6.07) is 3.63. The van der Waals surface area contributed by atoms with E-state index in [1.165, 1.54) is 0 Å². The zero-order valence-electron chi connectivity index (χ0n) is 9.03. The summed E-state index contributed by atoms with van der Waals surface area (Å²) in [5.74, 6) is 0.521. The predicted molar refractivity (Wildman–Crippen MR) is 58.7 cm³/mol. The standard InChI is InChI=1S/C11H13N3O/c1-6-8(11(12)15)4-5-9-10(6)13-7(2)14(9)3/h4-5H,1-3H3,(H2,12,15). The van der Waals surface area contributed by atoms with E-state index in [2.05, 4.69) is 4.98 Å². The van der Waals surface area contributed by atoms with Crippen molar-refractivity contribution in [2.75, 3.05) is 0 Å². The Labute approximate surface area is 87.7 Å². The zero-order chi connectivity index (χ0) is 11.2. The average molecular weight is 203 g/mol. The molecule has 0 aliphatic carbocycles. The Morgan fingerprint density at radius 1 is 1.40 bits per heavy atom. The van der Waals surface area contributed by atoms with E-state index in [0.29, 0.717) is 5.56 Å². The number of carbonyl (C=O) groups is 1. The number of aromatic nitrogens is 2. The third kappa shape index (κ3) is 1.29. The molecule has 2 rings (SSSR count). The number of hydrogen-bond donors (Lipinski definition) is 1. The minimum absolute atomic E-state index is 0.405. The molecule has 0 aliphatic heterocycles. The summed E-state index contributed by atoms with van der Waals surface area (Å²) < 4.78 is 1.99. The highest BCUT2D eigenvalue weighted by Crippen LogP contribution is 2.21. The van der Waals surface area contributed by atoms with E-state index in [1.807, 2.05) is 31.5 Å². The quantitative estimate of drug-likeness (QED) is 0.759. The minimum Gasteiger partial charge on any atom is -0.366 e. The molecule has 2 aromatic rings. The van der Waals surface area contributed by atoms with Crippen LogP contribution < -0.4 is 5.73 Å². The molecule has 1 heterocycles. The number of imidazole rings is 1. The maximum atomic E-state index is 11.1. The summed E-state index contributed by atoms with van der Waals surface area (Å²) in [4.78, 5) is 15.6. The molecule has 0 radical (unpaired) electrons. The molecule has 0 saturated heterocycles. The topological polar surface area (TPSA) is 60.9 Å². The van der Waals surface area contributed by atoms with Gasteiger partial charge in [0.15, 0.2) is 0 Å². The fourth-order valence-electron chi connectivity index (χ4n) is 1.78. The summed E-state index contributed by atoms with van der Waals surface area (Å²) in [5.41, 5.74) is 8.55. The number of carbonyl (C=O) groups excluding carboxylic acids is 1. The number of aryl methyl sites for hydroxylation is 3. The van der Waals surface area contributed by atoms with Crippen LogP contribution in [0.2, 0.25) is 0 Å². The number of nitrogens with zero attached hydrogens (tertiary/aromatic N) is 2. The monoisotopic (exact) mass is 203 g/mol. The van der Waals surface area contributed by atoms with Crippen molar-refractivity contribution in [3.8, 4) is 0 Å². The van der Waals surface area contributed by atoms with Gasteiger partial charge >= 0.3 is 0 Å². The highest BCUT2D eigenvalue weighted by molar-refractivity contribution is 5.99. The molecule has 4 nitrogen and oxygen atoms in total. The van der Waals surface area contributed by atoms with Crippen molar-refractivity contribution in [1.82, 2.24) is 9.55 Å². The summed E-state index contributed by atoms with van der Waals surface area (Å²) in [7, 11) is 1.95. The van der Waals surface area contributed by atoms with E-state index in [-0.39, 0.29) is 0 Å². The molecule has 0 atom stereocenters. The van der Waals surface area contributed by atoms with Gasteiger partial charge in [-0.1, -0.05) is 0 Å². The molecular formula is C11H13N3O. The van der Waals surface area contributed by atoms with Gasteiger partial charge in [0.05, 0.1) is 11.0 Å². The van der Waals surface area contributed by atoms with Gasteiger partial charge in [0.2, 0.25) is 5.91 Å². The molecule has 2 N–H and O–H groups in total. The van der Waals surface area contributed by atoms with Crippen molar-refractivity contribution in [3.63, 3.8) is 0 Å². The number of rotatable bonds is 1. The number of benzene rings is 1. The number of amides is 1. The molecule has 1 aromatic heterocycles.